The first-order valence-electron chi connectivity index (χ1n) is 5.60. The fraction of sp³-hybridized carbons (Fsp3) is 0.500. The van der Waals surface area contributed by atoms with Crippen molar-refractivity contribution in [1.82, 2.24) is 5.32 Å². The molecule has 1 aliphatic rings. The highest BCUT2D eigenvalue weighted by atomic mass is 79.9. The molecule has 88 valence electrons. The Morgan fingerprint density at radius 3 is 2.94 bits per heavy atom. The molecule has 1 heterocycles. The molecule has 0 atom stereocenters. The Morgan fingerprint density at radius 2 is 2.12 bits per heavy atom. The standard InChI is InChI=1S/C12H16BrFN2/c1-9-7-10(13)11(14)8-12(9)16-5-2-3-15-4-6-16/h7-8,15H,2-6H2,1H3. The molecule has 0 radical (unpaired) electrons. The maximum Gasteiger partial charge on any atom is 0.139 e. The minimum absolute atomic E-state index is 0.183. The average Bonchev–Trinajstić information content (AvgIpc) is 2.52. The molecule has 0 aromatic heterocycles. The van der Waals surface area contributed by atoms with Crippen molar-refractivity contribution >= 4 is 21.6 Å². The number of hydrogen-bond donors (Lipinski definition) is 1. The molecule has 0 amide bonds. The summed E-state index contributed by atoms with van der Waals surface area (Å²) in [6.07, 6.45) is 1.11. The first kappa shape index (κ1) is 11.9. The summed E-state index contributed by atoms with van der Waals surface area (Å²) in [7, 11) is 0. The highest BCUT2D eigenvalue weighted by Gasteiger charge is 2.13. The molecule has 1 N–H and O–H groups in total. The van der Waals surface area contributed by atoms with Gasteiger partial charge in [0.2, 0.25) is 0 Å². The zero-order valence-electron chi connectivity index (χ0n) is 9.39. The van der Waals surface area contributed by atoms with Gasteiger partial charge in [-0.2, -0.15) is 0 Å². The van der Waals surface area contributed by atoms with E-state index in [0.717, 1.165) is 43.9 Å². The third-order valence-corrected chi connectivity index (χ3v) is 3.53. The van der Waals surface area contributed by atoms with Crippen LogP contribution >= 0.6 is 15.9 Å². The van der Waals surface area contributed by atoms with Crippen molar-refractivity contribution in [3.8, 4) is 0 Å². The summed E-state index contributed by atoms with van der Waals surface area (Å²) in [5.74, 6) is -0.183. The van der Waals surface area contributed by atoms with Crippen molar-refractivity contribution in [3.05, 3.63) is 28.0 Å². The number of benzene rings is 1. The van der Waals surface area contributed by atoms with Crippen LogP contribution in [0.2, 0.25) is 0 Å². The van der Waals surface area contributed by atoms with Gasteiger partial charge in [0.05, 0.1) is 4.47 Å². The van der Waals surface area contributed by atoms with Gasteiger partial charge in [0.15, 0.2) is 0 Å². The molecule has 0 bridgehead atoms. The number of anilines is 1. The smallest absolute Gasteiger partial charge is 0.139 e. The normalized spacial score (nSPS) is 17.3. The Labute approximate surface area is 104 Å². The number of nitrogens with zero attached hydrogens (tertiary/aromatic N) is 1. The van der Waals surface area contributed by atoms with Gasteiger partial charge in [-0.15, -0.1) is 0 Å². The third-order valence-electron chi connectivity index (χ3n) is 2.92. The number of rotatable bonds is 1. The minimum atomic E-state index is -0.183. The van der Waals surface area contributed by atoms with Crippen LogP contribution in [0.5, 0.6) is 0 Å². The molecule has 2 nitrogen and oxygen atoms in total. The van der Waals surface area contributed by atoms with Gasteiger partial charge in [0.25, 0.3) is 0 Å². The first-order valence-corrected chi connectivity index (χ1v) is 6.39. The number of aryl methyl sites for hydroxylation is 1. The topological polar surface area (TPSA) is 15.3 Å². The SMILES string of the molecule is Cc1cc(Br)c(F)cc1N1CCCNCC1. The summed E-state index contributed by atoms with van der Waals surface area (Å²) < 4.78 is 14.1. The number of nitrogens with one attached hydrogen (secondary N) is 1. The Bertz CT molecular complexity index is 374. The van der Waals surface area contributed by atoms with Crippen LogP contribution in [0.1, 0.15) is 12.0 Å². The zero-order chi connectivity index (χ0) is 11.5. The second-order valence-electron chi connectivity index (χ2n) is 4.14. The molecule has 1 aromatic carbocycles. The molecule has 0 aliphatic carbocycles. The molecule has 0 unspecified atom stereocenters. The van der Waals surface area contributed by atoms with Crippen LogP contribution < -0.4 is 10.2 Å². The molecule has 0 spiro atoms. The van der Waals surface area contributed by atoms with Crippen molar-refractivity contribution in [3.63, 3.8) is 0 Å². The summed E-state index contributed by atoms with van der Waals surface area (Å²) in [6, 6.07) is 3.48. The molecule has 2 rings (SSSR count). The summed E-state index contributed by atoms with van der Waals surface area (Å²) in [6.45, 7) is 5.99. The number of halogens is 2. The molecule has 1 aliphatic heterocycles. The van der Waals surface area contributed by atoms with Gasteiger partial charge in [-0.25, -0.2) is 4.39 Å². The molecule has 1 fully saturated rings. The van der Waals surface area contributed by atoms with Crippen molar-refractivity contribution in [1.29, 1.82) is 0 Å². The monoisotopic (exact) mass is 286 g/mol. The Morgan fingerprint density at radius 1 is 1.31 bits per heavy atom. The Balaban J connectivity index is 2.27. The predicted molar refractivity (Wildman–Crippen MR) is 68.5 cm³/mol. The maximum atomic E-state index is 13.5. The van der Waals surface area contributed by atoms with Gasteiger partial charge in [-0.3, -0.25) is 0 Å². The van der Waals surface area contributed by atoms with E-state index in [-0.39, 0.29) is 5.82 Å². The van der Waals surface area contributed by atoms with E-state index in [9.17, 15) is 4.39 Å². The fourth-order valence-corrected chi connectivity index (χ4v) is 2.52. The second-order valence-corrected chi connectivity index (χ2v) is 5.00. The maximum absolute atomic E-state index is 13.5. The lowest BCUT2D eigenvalue weighted by molar-refractivity contribution is 0.619. The molecular formula is C12H16BrFN2. The van der Waals surface area contributed by atoms with E-state index >= 15 is 0 Å². The van der Waals surface area contributed by atoms with E-state index < -0.39 is 0 Å². The van der Waals surface area contributed by atoms with Crippen LogP contribution in [0.4, 0.5) is 10.1 Å². The van der Waals surface area contributed by atoms with Crippen LogP contribution in [-0.4, -0.2) is 26.2 Å². The van der Waals surface area contributed by atoms with Gasteiger partial charge >= 0.3 is 0 Å². The van der Waals surface area contributed by atoms with Gasteiger partial charge < -0.3 is 10.2 Å². The quantitative estimate of drug-likeness (QED) is 0.854. The van der Waals surface area contributed by atoms with Crippen molar-refractivity contribution in [2.45, 2.75) is 13.3 Å². The summed E-state index contributed by atoms with van der Waals surface area (Å²) in [5, 5.41) is 3.35. The molecule has 1 saturated heterocycles. The van der Waals surface area contributed by atoms with E-state index in [0.29, 0.717) is 4.47 Å². The predicted octanol–water partition coefficient (Wildman–Crippen LogP) is 2.70. The van der Waals surface area contributed by atoms with Crippen LogP contribution in [0.15, 0.2) is 16.6 Å². The van der Waals surface area contributed by atoms with Crippen LogP contribution in [0, 0.1) is 12.7 Å². The minimum Gasteiger partial charge on any atom is -0.370 e. The lowest BCUT2D eigenvalue weighted by Gasteiger charge is -2.24. The molecule has 1 aromatic rings. The van der Waals surface area contributed by atoms with E-state index in [1.807, 2.05) is 13.0 Å². The molecule has 16 heavy (non-hydrogen) atoms. The van der Waals surface area contributed by atoms with E-state index in [1.165, 1.54) is 0 Å². The highest BCUT2D eigenvalue weighted by molar-refractivity contribution is 9.10. The zero-order valence-corrected chi connectivity index (χ0v) is 11.0. The lowest BCUT2D eigenvalue weighted by Crippen LogP contribution is -2.28. The summed E-state index contributed by atoms with van der Waals surface area (Å²) >= 11 is 3.21. The summed E-state index contributed by atoms with van der Waals surface area (Å²) in [5.41, 5.74) is 2.14. The van der Waals surface area contributed by atoms with Gasteiger partial charge in [-0.1, -0.05) is 0 Å². The third kappa shape index (κ3) is 2.55. The largest absolute Gasteiger partial charge is 0.370 e. The second kappa shape index (κ2) is 5.15. The highest BCUT2D eigenvalue weighted by Crippen LogP contribution is 2.27. The Kier molecular flexibility index (Phi) is 3.82. The first-order chi connectivity index (χ1) is 7.68. The number of hydrogen-bond acceptors (Lipinski definition) is 2. The molecule has 0 saturated carbocycles. The molecule has 4 heteroatoms. The lowest BCUT2D eigenvalue weighted by atomic mass is 10.1. The fourth-order valence-electron chi connectivity index (χ4n) is 2.06. The average molecular weight is 287 g/mol. The Hall–Kier alpha value is -0.610. The summed E-state index contributed by atoms with van der Waals surface area (Å²) in [4.78, 5) is 2.25. The van der Waals surface area contributed by atoms with Crippen LogP contribution in [0.3, 0.4) is 0 Å². The van der Waals surface area contributed by atoms with Gasteiger partial charge in [-0.05, 0) is 53.5 Å². The van der Waals surface area contributed by atoms with Crippen molar-refractivity contribution < 1.29 is 4.39 Å². The van der Waals surface area contributed by atoms with Crippen LogP contribution in [0.25, 0.3) is 0 Å². The van der Waals surface area contributed by atoms with Gasteiger partial charge in [0.1, 0.15) is 5.82 Å². The van der Waals surface area contributed by atoms with Crippen molar-refractivity contribution in [2.75, 3.05) is 31.1 Å². The van der Waals surface area contributed by atoms with E-state index in [2.05, 4.69) is 26.1 Å². The van der Waals surface area contributed by atoms with Crippen LogP contribution in [-0.2, 0) is 0 Å². The van der Waals surface area contributed by atoms with E-state index in [4.69, 9.17) is 0 Å². The molecular weight excluding hydrogens is 271 g/mol. The van der Waals surface area contributed by atoms with E-state index in [1.54, 1.807) is 6.07 Å². The van der Waals surface area contributed by atoms with Crippen molar-refractivity contribution in [2.24, 2.45) is 0 Å². The van der Waals surface area contributed by atoms with Gasteiger partial charge in [0, 0.05) is 25.3 Å².